The number of benzene rings is 1. The van der Waals surface area contributed by atoms with Crippen LogP contribution in [0.4, 0.5) is 4.79 Å². The molecule has 4 N–H and O–H groups in total. The van der Waals surface area contributed by atoms with Gasteiger partial charge in [-0.1, -0.05) is 18.6 Å². The second-order valence-corrected chi connectivity index (χ2v) is 9.50. The minimum absolute atomic E-state index is 0.106. The molecule has 2 aliphatic rings. The first-order valence-electron chi connectivity index (χ1n) is 13.1. The molecule has 1 heterocycles. The maximum Gasteiger partial charge on any atom is 0.317 e. The van der Waals surface area contributed by atoms with E-state index in [1.807, 2.05) is 24.3 Å². The van der Waals surface area contributed by atoms with E-state index in [9.17, 15) is 15.0 Å². The number of likely N-dealkylation sites (tertiary alicyclic amines) is 1. The summed E-state index contributed by atoms with van der Waals surface area (Å²) in [5.74, 6) is 1.49. The molecule has 1 aromatic carbocycles. The molecule has 1 saturated heterocycles. The first-order valence-corrected chi connectivity index (χ1v) is 13.1. The highest BCUT2D eigenvalue weighted by Crippen LogP contribution is 2.26. The predicted molar refractivity (Wildman–Crippen MR) is 134 cm³/mol. The van der Waals surface area contributed by atoms with Crippen LogP contribution in [0.5, 0.6) is 5.75 Å². The zero-order valence-electron chi connectivity index (χ0n) is 20.8. The van der Waals surface area contributed by atoms with Gasteiger partial charge in [0.1, 0.15) is 18.5 Å². The molecule has 198 valence electrons. The molecular formula is C26H43N3O6. The van der Waals surface area contributed by atoms with E-state index in [1.165, 1.54) is 24.8 Å². The lowest BCUT2D eigenvalue weighted by atomic mass is 9.86. The average Bonchev–Trinajstić information content (AvgIpc) is 2.84. The van der Waals surface area contributed by atoms with Crippen LogP contribution in [-0.4, -0.2) is 99.1 Å². The molecule has 2 amide bonds. The molecule has 0 radical (unpaired) electrons. The van der Waals surface area contributed by atoms with E-state index < -0.39 is 6.10 Å². The van der Waals surface area contributed by atoms with Crippen LogP contribution in [0.1, 0.15) is 37.7 Å². The van der Waals surface area contributed by atoms with Crippen molar-refractivity contribution in [2.45, 2.75) is 50.7 Å². The van der Waals surface area contributed by atoms with Crippen LogP contribution >= 0.6 is 0 Å². The van der Waals surface area contributed by atoms with Gasteiger partial charge in [-0.3, -0.25) is 0 Å². The van der Waals surface area contributed by atoms with Gasteiger partial charge in [0.15, 0.2) is 0 Å². The van der Waals surface area contributed by atoms with Crippen molar-refractivity contribution in [1.29, 1.82) is 0 Å². The number of ether oxygens (including phenoxy) is 3. The number of hydrogen-bond acceptors (Lipinski definition) is 7. The minimum Gasteiger partial charge on any atom is -0.491 e. The van der Waals surface area contributed by atoms with Gasteiger partial charge < -0.3 is 40.0 Å². The number of nitrogens with zero attached hydrogens (tertiary/aromatic N) is 1. The Kier molecular flexibility index (Phi) is 12.6. The maximum atomic E-state index is 12.1. The second-order valence-electron chi connectivity index (χ2n) is 9.50. The Bertz CT molecular complexity index is 708. The Morgan fingerprint density at radius 1 is 1.03 bits per heavy atom. The molecular weight excluding hydrogens is 450 g/mol. The van der Waals surface area contributed by atoms with Gasteiger partial charge in [0, 0.05) is 39.3 Å². The van der Waals surface area contributed by atoms with E-state index in [2.05, 4.69) is 10.6 Å². The number of aliphatic hydroxyl groups excluding tert-OH is 2. The van der Waals surface area contributed by atoms with Gasteiger partial charge >= 0.3 is 6.03 Å². The number of piperidine rings is 1. The Balaban J connectivity index is 1.15. The predicted octanol–water partition coefficient (Wildman–Crippen LogP) is 1.56. The van der Waals surface area contributed by atoms with Crippen LogP contribution in [0, 0.1) is 5.92 Å². The molecule has 1 aliphatic heterocycles. The van der Waals surface area contributed by atoms with Crippen LogP contribution in [-0.2, 0) is 15.9 Å². The molecule has 0 spiro atoms. The van der Waals surface area contributed by atoms with Crippen molar-refractivity contribution < 1.29 is 29.2 Å². The number of carbonyl (C=O) groups excluding carboxylic acids is 1. The molecule has 9 heteroatoms. The molecule has 0 bridgehead atoms. The molecule has 9 nitrogen and oxygen atoms in total. The van der Waals surface area contributed by atoms with Crippen molar-refractivity contribution in [1.82, 2.24) is 15.5 Å². The summed E-state index contributed by atoms with van der Waals surface area (Å²) in [7, 11) is 0. The van der Waals surface area contributed by atoms with Crippen LogP contribution < -0.4 is 15.4 Å². The van der Waals surface area contributed by atoms with Crippen molar-refractivity contribution in [3.05, 3.63) is 29.8 Å². The van der Waals surface area contributed by atoms with Gasteiger partial charge in [-0.2, -0.15) is 0 Å². The van der Waals surface area contributed by atoms with Crippen molar-refractivity contribution in [3.63, 3.8) is 0 Å². The number of aliphatic hydroxyl groups is 2. The van der Waals surface area contributed by atoms with Gasteiger partial charge in [-0.15, -0.1) is 0 Å². The van der Waals surface area contributed by atoms with E-state index in [0.29, 0.717) is 65.4 Å². The SMILES string of the molecule is O=C(NCCNCC(O)COc1ccc(CCOCCOCC2CCC2)cc1)N1CCC(O)CC1. The number of amides is 2. The molecule has 3 rings (SSSR count). The van der Waals surface area contributed by atoms with Crippen LogP contribution in [0.2, 0.25) is 0 Å². The molecule has 1 aliphatic carbocycles. The molecule has 1 aromatic rings. The number of carbonyl (C=O) groups is 1. The maximum absolute atomic E-state index is 12.1. The largest absolute Gasteiger partial charge is 0.491 e. The zero-order valence-corrected chi connectivity index (χ0v) is 20.8. The third-order valence-corrected chi connectivity index (χ3v) is 6.56. The molecule has 1 atom stereocenters. The van der Waals surface area contributed by atoms with Crippen LogP contribution in [0.3, 0.4) is 0 Å². The lowest BCUT2D eigenvalue weighted by Gasteiger charge is -2.29. The third-order valence-electron chi connectivity index (χ3n) is 6.56. The summed E-state index contributed by atoms with van der Waals surface area (Å²) in [4.78, 5) is 13.8. The Morgan fingerprint density at radius 3 is 2.49 bits per heavy atom. The highest BCUT2D eigenvalue weighted by molar-refractivity contribution is 5.74. The number of rotatable bonds is 16. The topological polar surface area (TPSA) is 113 Å². The van der Waals surface area contributed by atoms with Gasteiger partial charge in [-0.25, -0.2) is 4.79 Å². The van der Waals surface area contributed by atoms with E-state index in [0.717, 1.165) is 24.7 Å². The summed E-state index contributed by atoms with van der Waals surface area (Å²) in [6, 6.07) is 7.74. The minimum atomic E-state index is -0.645. The molecule has 35 heavy (non-hydrogen) atoms. The van der Waals surface area contributed by atoms with E-state index in [-0.39, 0.29) is 18.7 Å². The molecule has 1 saturated carbocycles. The zero-order chi connectivity index (χ0) is 24.7. The fourth-order valence-corrected chi connectivity index (χ4v) is 4.03. The van der Waals surface area contributed by atoms with Crippen LogP contribution in [0.15, 0.2) is 24.3 Å². The standard InChI is InChI=1S/C26H43N3O6/c30-23-8-13-29(14-9-23)26(32)28-12-11-27-18-24(31)20-35-25-6-4-21(5-7-25)10-15-33-16-17-34-19-22-2-1-3-22/h4-7,22-24,27,30-31H,1-3,8-20H2,(H,28,32). The third kappa shape index (κ3) is 11.1. The highest BCUT2D eigenvalue weighted by Gasteiger charge is 2.20. The normalized spacial score (nSPS) is 17.7. The Morgan fingerprint density at radius 2 is 1.77 bits per heavy atom. The van der Waals surface area contributed by atoms with Gasteiger partial charge in [-0.05, 0) is 55.7 Å². The van der Waals surface area contributed by atoms with Crippen LogP contribution in [0.25, 0.3) is 0 Å². The van der Waals surface area contributed by atoms with Gasteiger partial charge in [0.25, 0.3) is 0 Å². The molecule has 2 fully saturated rings. The Labute approximate surface area is 209 Å². The number of nitrogens with one attached hydrogen (secondary N) is 2. The quantitative estimate of drug-likeness (QED) is 0.259. The van der Waals surface area contributed by atoms with Gasteiger partial charge in [0.2, 0.25) is 0 Å². The summed E-state index contributed by atoms with van der Waals surface area (Å²) in [5.41, 5.74) is 1.18. The van der Waals surface area contributed by atoms with Crippen molar-refractivity contribution in [3.8, 4) is 5.75 Å². The van der Waals surface area contributed by atoms with E-state index >= 15 is 0 Å². The molecule has 0 aromatic heterocycles. The van der Waals surface area contributed by atoms with Gasteiger partial charge in [0.05, 0.1) is 25.9 Å². The van der Waals surface area contributed by atoms with Crippen molar-refractivity contribution >= 4 is 6.03 Å². The summed E-state index contributed by atoms with van der Waals surface area (Å²) >= 11 is 0. The lowest BCUT2D eigenvalue weighted by molar-refractivity contribution is 0.0212. The summed E-state index contributed by atoms with van der Waals surface area (Å²) in [5, 5.41) is 25.6. The summed E-state index contributed by atoms with van der Waals surface area (Å²) < 4.78 is 17.0. The summed E-state index contributed by atoms with van der Waals surface area (Å²) in [6.45, 7) is 5.62. The Hall–Kier alpha value is -1.91. The van der Waals surface area contributed by atoms with E-state index in [1.54, 1.807) is 4.90 Å². The monoisotopic (exact) mass is 493 g/mol. The smallest absolute Gasteiger partial charge is 0.317 e. The first kappa shape index (κ1) is 27.7. The number of urea groups is 1. The lowest BCUT2D eigenvalue weighted by Crippen LogP contribution is -2.47. The fourth-order valence-electron chi connectivity index (χ4n) is 4.03. The highest BCUT2D eigenvalue weighted by atomic mass is 16.5. The molecule has 1 unspecified atom stereocenters. The second kappa shape index (κ2) is 16.0. The van der Waals surface area contributed by atoms with Crippen molar-refractivity contribution in [2.24, 2.45) is 5.92 Å². The summed E-state index contributed by atoms with van der Waals surface area (Å²) in [6.07, 6.45) is 5.13. The number of hydrogen-bond donors (Lipinski definition) is 4. The fraction of sp³-hybridized carbons (Fsp3) is 0.731. The van der Waals surface area contributed by atoms with Crippen molar-refractivity contribution in [2.75, 3.05) is 65.8 Å². The average molecular weight is 494 g/mol. The first-order chi connectivity index (χ1) is 17.1. The van der Waals surface area contributed by atoms with E-state index in [4.69, 9.17) is 14.2 Å².